The summed E-state index contributed by atoms with van der Waals surface area (Å²) in [7, 11) is 0. The maximum absolute atomic E-state index is 12.7. The quantitative estimate of drug-likeness (QED) is 0.843. The van der Waals surface area contributed by atoms with Crippen molar-refractivity contribution in [2.24, 2.45) is 0 Å². The van der Waals surface area contributed by atoms with Gasteiger partial charge < -0.3 is 15.4 Å². The Morgan fingerprint density at radius 2 is 1.96 bits per heavy atom. The van der Waals surface area contributed by atoms with Crippen molar-refractivity contribution in [3.63, 3.8) is 0 Å². The van der Waals surface area contributed by atoms with E-state index >= 15 is 0 Å². The molecule has 1 aliphatic heterocycles. The van der Waals surface area contributed by atoms with Crippen molar-refractivity contribution in [3.8, 4) is 0 Å². The van der Waals surface area contributed by atoms with E-state index in [4.69, 9.17) is 4.74 Å². The van der Waals surface area contributed by atoms with Gasteiger partial charge in [-0.05, 0) is 62.9 Å². The van der Waals surface area contributed by atoms with Crippen molar-refractivity contribution in [1.29, 1.82) is 0 Å². The zero-order valence-corrected chi connectivity index (χ0v) is 16.0. The Morgan fingerprint density at radius 1 is 1.15 bits per heavy atom. The van der Waals surface area contributed by atoms with Crippen LogP contribution in [0.25, 0.3) is 0 Å². The minimum absolute atomic E-state index is 0.109. The van der Waals surface area contributed by atoms with Gasteiger partial charge in [0.25, 0.3) is 11.8 Å². The lowest BCUT2D eigenvalue weighted by molar-refractivity contribution is -0.124. The molecule has 142 valence electrons. The number of hydrogen-bond donors (Lipinski definition) is 2. The molecule has 2 aromatic carbocycles. The molecule has 5 heteroatoms. The number of benzene rings is 2. The van der Waals surface area contributed by atoms with Crippen LogP contribution in [0.4, 0.5) is 5.69 Å². The first kappa shape index (κ1) is 19.1. The van der Waals surface area contributed by atoms with E-state index < -0.39 is 6.10 Å². The number of nitrogens with one attached hydrogen (secondary N) is 2. The predicted octanol–water partition coefficient (Wildman–Crippen LogP) is 3.91. The highest BCUT2D eigenvalue weighted by molar-refractivity contribution is 5.98. The minimum Gasteiger partial charge on any atom is -0.368 e. The molecule has 0 saturated carbocycles. The molecule has 3 rings (SSSR count). The number of rotatable bonds is 5. The van der Waals surface area contributed by atoms with Gasteiger partial charge in [0.2, 0.25) is 0 Å². The van der Waals surface area contributed by atoms with E-state index in [1.54, 1.807) is 24.3 Å². The summed E-state index contributed by atoms with van der Waals surface area (Å²) in [5, 5.41) is 5.88. The molecule has 27 heavy (non-hydrogen) atoms. The van der Waals surface area contributed by atoms with Crippen LogP contribution in [0.5, 0.6) is 0 Å². The summed E-state index contributed by atoms with van der Waals surface area (Å²) >= 11 is 0. The molecule has 0 radical (unpaired) electrons. The zero-order chi connectivity index (χ0) is 19.4. The van der Waals surface area contributed by atoms with Crippen molar-refractivity contribution < 1.29 is 14.3 Å². The van der Waals surface area contributed by atoms with Gasteiger partial charge in [-0.3, -0.25) is 9.59 Å². The normalized spacial score (nSPS) is 17.4. The van der Waals surface area contributed by atoms with E-state index in [1.807, 2.05) is 20.8 Å². The highest BCUT2D eigenvalue weighted by atomic mass is 16.5. The standard InChI is InChI=1S/C22H26N2O3/c1-14-9-10-15(2)19(12-14)16(3)23-21(25)17-6-4-7-18(13-17)24-22(26)20-8-5-11-27-20/h4,6-7,9-10,12-13,16,20H,5,8,11H2,1-3H3,(H,23,25)(H,24,26)/t16-,20-/m0/s1. The SMILES string of the molecule is Cc1ccc(C)c([C@H](C)NC(=O)c2cccc(NC(=O)[C@@H]3CCCO3)c2)c1. The molecular weight excluding hydrogens is 340 g/mol. The van der Waals surface area contributed by atoms with E-state index in [1.165, 1.54) is 0 Å². The fourth-order valence-electron chi connectivity index (χ4n) is 3.33. The molecule has 1 saturated heterocycles. The second-order valence-electron chi connectivity index (χ2n) is 7.13. The molecule has 0 bridgehead atoms. The molecule has 2 N–H and O–H groups in total. The van der Waals surface area contributed by atoms with Gasteiger partial charge in [0.05, 0.1) is 6.04 Å². The van der Waals surface area contributed by atoms with E-state index in [0.717, 1.165) is 29.5 Å². The summed E-state index contributed by atoms with van der Waals surface area (Å²) in [6.45, 7) is 6.68. The van der Waals surface area contributed by atoms with E-state index in [9.17, 15) is 9.59 Å². The number of carbonyl (C=O) groups excluding carboxylic acids is 2. The van der Waals surface area contributed by atoms with E-state index in [2.05, 4.69) is 28.8 Å². The molecule has 0 aliphatic carbocycles. The first-order valence-corrected chi connectivity index (χ1v) is 9.34. The van der Waals surface area contributed by atoms with Crippen LogP contribution >= 0.6 is 0 Å². The van der Waals surface area contributed by atoms with Crippen LogP contribution in [0, 0.1) is 13.8 Å². The molecule has 0 unspecified atom stereocenters. The first-order chi connectivity index (χ1) is 12.9. The van der Waals surface area contributed by atoms with Crippen LogP contribution in [0.1, 0.15) is 52.9 Å². The molecule has 2 aromatic rings. The van der Waals surface area contributed by atoms with Gasteiger partial charge in [0, 0.05) is 17.9 Å². The number of amides is 2. The Morgan fingerprint density at radius 3 is 2.70 bits per heavy atom. The van der Waals surface area contributed by atoms with Gasteiger partial charge in [0.15, 0.2) is 0 Å². The van der Waals surface area contributed by atoms with Crippen LogP contribution in [0.3, 0.4) is 0 Å². The Labute approximate surface area is 160 Å². The lowest BCUT2D eigenvalue weighted by Gasteiger charge is -2.18. The summed E-state index contributed by atoms with van der Waals surface area (Å²) < 4.78 is 5.40. The number of aryl methyl sites for hydroxylation is 2. The molecule has 0 spiro atoms. The topological polar surface area (TPSA) is 67.4 Å². The number of anilines is 1. The molecule has 1 heterocycles. The van der Waals surface area contributed by atoms with Crippen molar-refractivity contribution in [2.75, 3.05) is 11.9 Å². The lowest BCUT2D eigenvalue weighted by Crippen LogP contribution is -2.28. The van der Waals surface area contributed by atoms with E-state index in [-0.39, 0.29) is 17.9 Å². The summed E-state index contributed by atoms with van der Waals surface area (Å²) in [5.74, 6) is -0.328. The van der Waals surface area contributed by atoms with Gasteiger partial charge in [-0.1, -0.05) is 29.8 Å². The second kappa shape index (κ2) is 8.35. The van der Waals surface area contributed by atoms with Crippen molar-refractivity contribution >= 4 is 17.5 Å². The van der Waals surface area contributed by atoms with Crippen molar-refractivity contribution in [3.05, 3.63) is 64.7 Å². The third kappa shape index (κ3) is 4.74. The van der Waals surface area contributed by atoms with E-state index in [0.29, 0.717) is 17.9 Å². The molecule has 1 fully saturated rings. The van der Waals surface area contributed by atoms with Crippen LogP contribution in [-0.2, 0) is 9.53 Å². The van der Waals surface area contributed by atoms with Gasteiger partial charge >= 0.3 is 0 Å². The van der Waals surface area contributed by atoms with Crippen molar-refractivity contribution in [1.82, 2.24) is 5.32 Å². The highest BCUT2D eigenvalue weighted by Gasteiger charge is 2.23. The predicted molar refractivity (Wildman–Crippen MR) is 106 cm³/mol. The average Bonchev–Trinajstić information content (AvgIpc) is 3.18. The lowest BCUT2D eigenvalue weighted by atomic mass is 9.99. The Bertz CT molecular complexity index is 841. The molecular formula is C22H26N2O3. The second-order valence-corrected chi connectivity index (χ2v) is 7.13. The summed E-state index contributed by atoms with van der Waals surface area (Å²) in [4.78, 5) is 24.9. The number of ether oxygens (including phenoxy) is 1. The molecule has 0 aromatic heterocycles. The number of hydrogen-bond acceptors (Lipinski definition) is 3. The van der Waals surface area contributed by atoms with Crippen LogP contribution < -0.4 is 10.6 Å². The molecule has 2 amide bonds. The summed E-state index contributed by atoms with van der Waals surface area (Å²) in [6.07, 6.45) is 1.24. The Balaban J connectivity index is 1.67. The van der Waals surface area contributed by atoms with Gasteiger partial charge in [0.1, 0.15) is 6.10 Å². The van der Waals surface area contributed by atoms with Gasteiger partial charge in [-0.2, -0.15) is 0 Å². The molecule has 1 aliphatic rings. The van der Waals surface area contributed by atoms with Gasteiger partial charge in [-0.15, -0.1) is 0 Å². The largest absolute Gasteiger partial charge is 0.368 e. The molecule has 2 atom stereocenters. The minimum atomic E-state index is -0.396. The van der Waals surface area contributed by atoms with Crippen LogP contribution in [-0.4, -0.2) is 24.5 Å². The smallest absolute Gasteiger partial charge is 0.253 e. The average molecular weight is 366 g/mol. The highest BCUT2D eigenvalue weighted by Crippen LogP contribution is 2.20. The number of carbonyl (C=O) groups is 2. The Hall–Kier alpha value is -2.66. The monoisotopic (exact) mass is 366 g/mol. The first-order valence-electron chi connectivity index (χ1n) is 9.34. The summed E-state index contributed by atoms with van der Waals surface area (Å²) in [6, 6.07) is 13.1. The zero-order valence-electron chi connectivity index (χ0n) is 16.0. The van der Waals surface area contributed by atoms with Crippen LogP contribution in [0.2, 0.25) is 0 Å². The molecule has 5 nitrogen and oxygen atoms in total. The third-order valence-corrected chi connectivity index (χ3v) is 4.86. The maximum Gasteiger partial charge on any atom is 0.253 e. The van der Waals surface area contributed by atoms with Crippen LogP contribution in [0.15, 0.2) is 42.5 Å². The fourth-order valence-corrected chi connectivity index (χ4v) is 3.33. The third-order valence-electron chi connectivity index (χ3n) is 4.86. The Kier molecular flexibility index (Phi) is 5.91. The maximum atomic E-state index is 12.7. The summed E-state index contributed by atoms with van der Waals surface area (Å²) in [5.41, 5.74) is 4.52. The fraction of sp³-hybridized carbons (Fsp3) is 0.364. The van der Waals surface area contributed by atoms with Crippen molar-refractivity contribution in [2.45, 2.75) is 45.8 Å². The van der Waals surface area contributed by atoms with Gasteiger partial charge in [-0.25, -0.2) is 0 Å².